The van der Waals surface area contributed by atoms with Crippen LogP contribution in [0.1, 0.15) is 62.3 Å². The normalized spacial score (nSPS) is 13.5. The SMILES string of the molecule is CCOC(=O)C(=CNC(=O)NC[C@@H](NC(=O)OC(C)(C)C)C(C)C)C(C)=NOC(C)C. The summed E-state index contributed by atoms with van der Waals surface area (Å²) in [6.07, 6.45) is 0.483. The minimum atomic E-state index is -0.636. The molecule has 0 aliphatic carbocycles. The average molecular weight is 443 g/mol. The van der Waals surface area contributed by atoms with E-state index >= 15 is 0 Å². The Morgan fingerprint density at radius 3 is 2.19 bits per heavy atom. The van der Waals surface area contributed by atoms with E-state index in [1.165, 1.54) is 6.20 Å². The van der Waals surface area contributed by atoms with E-state index in [0.29, 0.717) is 0 Å². The Morgan fingerprint density at radius 1 is 1.10 bits per heavy atom. The molecule has 0 saturated heterocycles. The maximum absolute atomic E-state index is 12.2. The van der Waals surface area contributed by atoms with Crippen molar-refractivity contribution in [3.63, 3.8) is 0 Å². The fraction of sp³-hybridized carbons (Fsp3) is 0.714. The molecule has 0 fully saturated rings. The van der Waals surface area contributed by atoms with Crippen molar-refractivity contribution in [1.82, 2.24) is 16.0 Å². The van der Waals surface area contributed by atoms with Gasteiger partial charge in [0.1, 0.15) is 17.3 Å². The number of urea groups is 1. The van der Waals surface area contributed by atoms with Crippen molar-refractivity contribution in [2.75, 3.05) is 13.2 Å². The van der Waals surface area contributed by atoms with Crippen molar-refractivity contribution >= 4 is 23.8 Å². The molecule has 10 nitrogen and oxygen atoms in total. The van der Waals surface area contributed by atoms with Crippen LogP contribution in [0.3, 0.4) is 0 Å². The van der Waals surface area contributed by atoms with E-state index in [1.54, 1.807) is 48.5 Å². The summed E-state index contributed by atoms with van der Waals surface area (Å²) in [7, 11) is 0. The van der Waals surface area contributed by atoms with E-state index < -0.39 is 23.7 Å². The largest absolute Gasteiger partial charge is 0.462 e. The first-order valence-electron chi connectivity index (χ1n) is 10.4. The quantitative estimate of drug-likeness (QED) is 0.206. The molecule has 0 aliphatic rings. The third kappa shape index (κ3) is 13.2. The topological polar surface area (TPSA) is 127 Å². The van der Waals surface area contributed by atoms with E-state index in [2.05, 4.69) is 21.1 Å². The summed E-state index contributed by atoms with van der Waals surface area (Å²) in [5, 5.41) is 11.8. The molecule has 1 atom stereocenters. The van der Waals surface area contributed by atoms with Gasteiger partial charge in [0.25, 0.3) is 0 Å². The number of nitrogens with one attached hydrogen (secondary N) is 3. The minimum Gasteiger partial charge on any atom is -0.462 e. The number of esters is 1. The van der Waals surface area contributed by atoms with Gasteiger partial charge in [0.05, 0.1) is 18.4 Å². The van der Waals surface area contributed by atoms with Crippen molar-refractivity contribution in [3.8, 4) is 0 Å². The number of alkyl carbamates (subject to hydrolysis) is 1. The number of hydrogen-bond donors (Lipinski definition) is 3. The molecule has 0 heterocycles. The van der Waals surface area contributed by atoms with Gasteiger partial charge in [-0.3, -0.25) is 0 Å². The fourth-order valence-corrected chi connectivity index (χ4v) is 2.06. The molecule has 0 bridgehead atoms. The van der Waals surface area contributed by atoms with Crippen molar-refractivity contribution in [3.05, 3.63) is 11.8 Å². The lowest BCUT2D eigenvalue weighted by molar-refractivity contribution is -0.137. The molecular weight excluding hydrogens is 404 g/mol. The van der Waals surface area contributed by atoms with Gasteiger partial charge in [0, 0.05) is 12.7 Å². The number of oxime groups is 1. The lowest BCUT2D eigenvalue weighted by atomic mass is 10.0. The molecule has 0 aliphatic heterocycles. The Balaban J connectivity index is 5.05. The molecule has 178 valence electrons. The molecule has 0 aromatic heterocycles. The molecule has 0 aromatic carbocycles. The summed E-state index contributed by atoms with van der Waals surface area (Å²) < 4.78 is 10.3. The Kier molecular flexibility index (Phi) is 12.3. The van der Waals surface area contributed by atoms with Gasteiger partial charge in [0.15, 0.2) is 0 Å². The van der Waals surface area contributed by atoms with Crippen molar-refractivity contribution in [1.29, 1.82) is 0 Å². The summed E-state index contributed by atoms with van der Waals surface area (Å²) in [4.78, 5) is 41.6. The molecule has 10 heteroatoms. The van der Waals surface area contributed by atoms with E-state index in [0.717, 1.165) is 0 Å². The maximum Gasteiger partial charge on any atom is 0.407 e. The first-order valence-corrected chi connectivity index (χ1v) is 10.4. The molecule has 0 unspecified atom stereocenters. The predicted molar refractivity (Wildman–Crippen MR) is 119 cm³/mol. The van der Waals surface area contributed by atoms with Gasteiger partial charge in [-0.1, -0.05) is 19.0 Å². The van der Waals surface area contributed by atoms with E-state index in [1.807, 2.05) is 13.8 Å². The van der Waals surface area contributed by atoms with Crippen LogP contribution >= 0.6 is 0 Å². The van der Waals surface area contributed by atoms with Crippen molar-refractivity contribution in [2.45, 2.75) is 80.1 Å². The molecule has 3 amide bonds. The molecular formula is C21H38N4O6. The van der Waals surface area contributed by atoms with Gasteiger partial charge in [-0.25, -0.2) is 14.4 Å². The van der Waals surface area contributed by atoms with Crippen LogP contribution in [0.15, 0.2) is 16.9 Å². The van der Waals surface area contributed by atoms with Gasteiger partial charge in [-0.15, -0.1) is 0 Å². The predicted octanol–water partition coefficient (Wildman–Crippen LogP) is 3.08. The van der Waals surface area contributed by atoms with Gasteiger partial charge in [0.2, 0.25) is 0 Å². The Bertz CT molecular complexity index is 665. The summed E-state index contributed by atoms with van der Waals surface area (Å²) >= 11 is 0. The molecule has 0 saturated carbocycles. The van der Waals surface area contributed by atoms with Gasteiger partial charge in [-0.2, -0.15) is 0 Å². The zero-order chi connectivity index (χ0) is 24.2. The molecule has 31 heavy (non-hydrogen) atoms. The van der Waals surface area contributed by atoms with Crippen LogP contribution in [0.2, 0.25) is 0 Å². The molecule has 0 aromatic rings. The first kappa shape index (κ1) is 28.2. The standard InChI is InChI=1S/C21H38N4O6/c1-10-29-18(26)16(15(6)25-31-14(4)5)11-22-19(27)23-12-17(13(2)3)24-20(28)30-21(7,8)9/h11,13-14,17H,10,12H2,1-9H3,(H,24,28)(H2,22,23,27)/t17-/m1/s1. The maximum atomic E-state index is 12.2. The highest BCUT2D eigenvalue weighted by Gasteiger charge is 2.22. The van der Waals surface area contributed by atoms with Crippen LogP contribution in [-0.4, -0.2) is 54.7 Å². The van der Waals surface area contributed by atoms with Gasteiger partial charge < -0.3 is 30.3 Å². The highest BCUT2D eigenvalue weighted by molar-refractivity contribution is 6.18. The second kappa shape index (κ2) is 13.5. The van der Waals surface area contributed by atoms with E-state index in [9.17, 15) is 14.4 Å². The minimum absolute atomic E-state index is 0.0426. The zero-order valence-electron chi connectivity index (χ0n) is 20.1. The summed E-state index contributed by atoms with van der Waals surface area (Å²) in [6, 6.07) is -0.909. The first-order chi connectivity index (χ1) is 14.3. The Morgan fingerprint density at radius 2 is 1.71 bits per heavy atom. The smallest absolute Gasteiger partial charge is 0.407 e. The molecule has 3 N–H and O–H groups in total. The fourth-order valence-electron chi connectivity index (χ4n) is 2.06. The number of nitrogens with zero attached hydrogens (tertiary/aromatic N) is 1. The second-order valence-corrected chi connectivity index (χ2v) is 8.46. The van der Waals surface area contributed by atoms with E-state index in [-0.39, 0.29) is 42.5 Å². The third-order valence-electron chi connectivity index (χ3n) is 3.62. The monoisotopic (exact) mass is 442 g/mol. The van der Waals surface area contributed by atoms with Gasteiger partial charge in [-0.05, 0) is 54.4 Å². The summed E-state index contributed by atoms with van der Waals surface area (Å²) in [5.41, 5.74) is -0.298. The summed E-state index contributed by atoms with van der Waals surface area (Å²) in [5.74, 6) is -0.593. The number of carbonyl (C=O) groups is 3. The number of ether oxygens (including phenoxy) is 2. The number of hydrogen-bond acceptors (Lipinski definition) is 7. The molecule has 0 radical (unpaired) electrons. The van der Waals surface area contributed by atoms with E-state index in [4.69, 9.17) is 14.3 Å². The molecule has 0 spiro atoms. The lowest BCUT2D eigenvalue weighted by Gasteiger charge is -2.26. The van der Waals surface area contributed by atoms with Gasteiger partial charge >= 0.3 is 18.1 Å². The van der Waals surface area contributed by atoms with Crippen LogP contribution in [0, 0.1) is 5.92 Å². The highest BCUT2D eigenvalue weighted by atomic mass is 16.6. The van der Waals surface area contributed by atoms with Crippen molar-refractivity contribution < 1.29 is 28.7 Å². The Labute approximate surface area is 185 Å². The highest BCUT2D eigenvalue weighted by Crippen LogP contribution is 2.08. The molecule has 0 rings (SSSR count). The van der Waals surface area contributed by atoms with Crippen LogP contribution in [0.25, 0.3) is 0 Å². The summed E-state index contributed by atoms with van der Waals surface area (Å²) in [6.45, 7) is 16.3. The Hall–Kier alpha value is -2.78. The third-order valence-corrected chi connectivity index (χ3v) is 3.62. The zero-order valence-corrected chi connectivity index (χ0v) is 20.1. The number of amides is 3. The van der Waals surface area contributed by atoms with Crippen LogP contribution in [-0.2, 0) is 19.1 Å². The van der Waals surface area contributed by atoms with Crippen LogP contribution in [0.4, 0.5) is 9.59 Å². The lowest BCUT2D eigenvalue weighted by Crippen LogP contribution is -2.49. The number of carbonyl (C=O) groups excluding carboxylic acids is 3. The number of rotatable bonds is 10. The second-order valence-electron chi connectivity index (χ2n) is 8.46. The van der Waals surface area contributed by atoms with Crippen LogP contribution < -0.4 is 16.0 Å². The average Bonchev–Trinajstić information content (AvgIpc) is 2.61. The van der Waals surface area contributed by atoms with Crippen molar-refractivity contribution in [2.24, 2.45) is 11.1 Å². The van der Waals surface area contributed by atoms with Crippen LogP contribution in [0.5, 0.6) is 0 Å².